The second-order valence-electron chi connectivity index (χ2n) is 8.91. The number of sulfonamides is 1. The Kier molecular flexibility index (Phi) is 7.79. The number of hydrogen-bond acceptors (Lipinski definition) is 4. The van der Waals surface area contributed by atoms with E-state index in [1.807, 2.05) is 4.90 Å². The second kappa shape index (κ2) is 10.1. The molecular weight excluding hydrogens is 390 g/mol. The molecule has 1 aliphatic heterocycles. The third-order valence-electron chi connectivity index (χ3n) is 6.35. The summed E-state index contributed by atoms with van der Waals surface area (Å²) in [7, 11) is 0.0899. The second-order valence-corrected chi connectivity index (χ2v) is 10.9. The average Bonchev–Trinajstić information content (AvgIpc) is 3.38. The number of guanidine groups is 1. The van der Waals surface area contributed by atoms with E-state index in [-0.39, 0.29) is 18.5 Å². The van der Waals surface area contributed by atoms with Crippen molar-refractivity contribution in [1.82, 2.24) is 19.8 Å². The van der Waals surface area contributed by atoms with Gasteiger partial charge in [0, 0.05) is 39.3 Å². The van der Waals surface area contributed by atoms with E-state index in [0.29, 0.717) is 25.0 Å². The third-order valence-corrected chi connectivity index (χ3v) is 8.28. The summed E-state index contributed by atoms with van der Waals surface area (Å²) < 4.78 is 28.8. The lowest BCUT2D eigenvalue weighted by molar-refractivity contribution is -0.127. The van der Waals surface area contributed by atoms with Gasteiger partial charge in [0.2, 0.25) is 15.9 Å². The number of likely N-dealkylation sites (tertiary alicyclic amines) is 1. The predicted octanol–water partition coefficient (Wildman–Crippen LogP) is 1.29. The van der Waals surface area contributed by atoms with Crippen LogP contribution in [0.4, 0.5) is 0 Å². The molecule has 2 N–H and O–H groups in total. The van der Waals surface area contributed by atoms with E-state index in [2.05, 4.69) is 15.0 Å². The Labute approximate surface area is 175 Å². The first kappa shape index (κ1) is 22.3. The molecule has 2 saturated carbocycles. The van der Waals surface area contributed by atoms with Crippen molar-refractivity contribution in [3.05, 3.63) is 0 Å². The van der Waals surface area contributed by atoms with Crippen molar-refractivity contribution in [2.75, 3.05) is 33.7 Å². The van der Waals surface area contributed by atoms with E-state index in [0.717, 1.165) is 51.5 Å². The minimum atomic E-state index is -3.35. The lowest BCUT2D eigenvalue weighted by Gasteiger charge is -2.36. The van der Waals surface area contributed by atoms with E-state index < -0.39 is 15.3 Å². The summed E-state index contributed by atoms with van der Waals surface area (Å²) in [6, 6.07) is 0.453. The van der Waals surface area contributed by atoms with Gasteiger partial charge in [0.05, 0.1) is 5.25 Å². The van der Waals surface area contributed by atoms with Crippen LogP contribution in [0.5, 0.6) is 0 Å². The minimum absolute atomic E-state index is 0.0557. The zero-order valence-electron chi connectivity index (χ0n) is 17.9. The van der Waals surface area contributed by atoms with Crippen LogP contribution in [0.25, 0.3) is 0 Å². The Balaban J connectivity index is 1.68. The fourth-order valence-corrected chi connectivity index (χ4v) is 6.28. The quantitative estimate of drug-likeness (QED) is 0.492. The van der Waals surface area contributed by atoms with Gasteiger partial charge in [-0.3, -0.25) is 4.79 Å². The fourth-order valence-electron chi connectivity index (χ4n) is 4.53. The summed E-state index contributed by atoms with van der Waals surface area (Å²) >= 11 is 0. The van der Waals surface area contributed by atoms with Gasteiger partial charge in [-0.1, -0.05) is 25.7 Å². The van der Waals surface area contributed by atoms with Crippen molar-refractivity contribution in [2.45, 2.75) is 81.5 Å². The topological polar surface area (TPSA) is 94.1 Å². The number of carbonyl (C=O) groups excluding carboxylic acids is 1. The van der Waals surface area contributed by atoms with Crippen molar-refractivity contribution >= 4 is 21.9 Å². The first-order chi connectivity index (χ1) is 13.8. The van der Waals surface area contributed by atoms with Crippen molar-refractivity contribution in [3.63, 3.8) is 0 Å². The summed E-state index contributed by atoms with van der Waals surface area (Å²) in [6.07, 6.45) is 10.2. The molecule has 1 heterocycles. The van der Waals surface area contributed by atoms with Gasteiger partial charge in [0.15, 0.2) is 5.96 Å². The molecule has 1 saturated heterocycles. The Morgan fingerprint density at radius 2 is 1.62 bits per heavy atom. The molecule has 1 amide bonds. The Hall–Kier alpha value is -1.35. The smallest absolute Gasteiger partial charge is 0.243 e. The van der Waals surface area contributed by atoms with E-state index in [1.54, 1.807) is 14.1 Å². The Morgan fingerprint density at radius 3 is 2.24 bits per heavy atom. The largest absolute Gasteiger partial charge is 0.353 e. The Morgan fingerprint density at radius 1 is 1.00 bits per heavy atom. The summed E-state index contributed by atoms with van der Waals surface area (Å²) in [6.45, 7) is 1.28. The van der Waals surface area contributed by atoms with Crippen molar-refractivity contribution in [3.8, 4) is 0 Å². The number of carbonyl (C=O) groups is 1. The maximum Gasteiger partial charge on any atom is 0.243 e. The lowest BCUT2D eigenvalue weighted by Crippen LogP contribution is -2.54. The number of rotatable bonds is 6. The van der Waals surface area contributed by atoms with Gasteiger partial charge in [-0.25, -0.2) is 18.1 Å². The molecule has 3 rings (SSSR count). The zero-order chi connectivity index (χ0) is 20.9. The van der Waals surface area contributed by atoms with Crippen LogP contribution in [0, 0.1) is 0 Å². The van der Waals surface area contributed by atoms with E-state index in [1.165, 1.54) is 17.7 Å². The van der Waals surface area contributed by atoms with Gasteiger partial charge in [-0.15, -0.1) is 0 Å². The average molecular weight is 428 g/mol. The van der Waals surface area contributed by atoms with Crippen LogP contribution in [0.2, 0.25) is 0 Å². The number of likely N-dealkylation sites (N-methyl/N-ethyl adjacent to an activating group) is 1. The predicted molar refractivity (Wildman–Crippen MR) is 115 cm³/mol. The molecule has 9 heteroatoms. The van der Waals surface area contributed by atoms with Crippen LogP contribution in [0.15, 0.2) is 4.99 Å². The lowest BCUT2D eigenvalue weighted by atomic mass is 10.1. The van der Waals surface area contributed by atoms with Gasteiger partial charge < -0.3 is 15.1 Å². The van der Waals surface area contributed by atoms with Gasteiger partial charge in [-0.2, -0.15) is 0 Å². The van der Waals surface area contributed by atoms with Crippen LogP contribution in [0.1, 0.15) is 64.2 Å². The highest BCUT2D eigenvalue weighted by Crippen LogP contribution is 2.23. The van der Waals surface area contributed by atoms with Gasteiger partial charge in [0.25, 0.3) is 0 Å². The third kappa shape index (κ3) is 6.31. The van der Waals surface area contributed by atoms with E-state index in [4.69, 9.17) is 0 Å². The van der Waals surface area contributed by atoms with Crippen molar-refractivity contribution < 1.29 is 13.2 Å². The molecule has 0 spiro atoms. The summed E-state index contributed by atoms with van der Waals surface area (Å²) in [5, 5.41) is 3.08. The molecule has 3 aliphatic rings. The molecule has 29 heavy (non-hydrogen) atoms. The molecule has 0 aromatic heterocycles. The first-order valence-electron chi connectivity index (χ1n) is 11.1. The molecule has 2 aliphatic carbocycles. The molecule has 8 nitrogen and oxygen atoms in total. The standard InChI is InChI=1S/C20H37N5O3S/c1-24(2)19(26)14-21-20(22-16-8-3-4-9-16)25-13-7-12-18(15-25)29(27,28)23-17-10-5-6-11-17/h16-18,23H,3-15H2,1-2H3,(H,21,22). The molecule has 1 atom stereocenters. The van der Waals surface area contributed by atoms with Crippen LogP contribution < -0.4 is 10.0 Å². The van der Waals surface area contributed by atoms with Crippen LogP contribution in [0.3, 0.4) is 0 Å². The molecule has 0 radical (unpaired) electrons. The van der Waals surface area contributed by atoms with Crippen LogP contribution in [-0.4, -0.2) is 81.1 Å². The molecule has 0 aromatic rings. The normalized spacial score (nSPS) is 24.8. The maximum atomic E-state index is 13.0. The molecular formula is C20H37N5O3S. The molecule has 0 aromatic carbocycles. The maximum absolute atomic E-state index is 13.0. The number of nitrogens with one attached hydrogen (secondary N) is 2. The highest BCUT2D eigenvalue weighted by atomic mass is 32.2. The fraction of sp³-hybridized carbons (Fsp3) is 0.900. The van der Waals surface area contributed by atoms with Crippen LogP contribution in [-0.2, 0) is 14.8 Å². The van der Waals surface area contributed by atoms with Gasteiger partial charge in [0.1, 0.15) is 6.54 Å². The molecule has 166 valence electrons. The monoisotopic (exact) mass is 427 g/mol. The molecule has 1 unspecified atom stereocenters. The highest BCUT2D eigenvalue weighted by Gasteiger charge is 2.34. The van der Waals surface area contributed by atoms with Crippen LogP contribution >= 0.6 is 0 Å². The number of aliphatic imine (C=N–C) groups is 1. The number of piperidine rings is 1. The number of hydrogen-bond donors (Lipinski definition) is 2. The Bertz CT molecular complexity index is 682. The number of amides is 1. The van der Waals surface area contributed by atoms with Crippen molar-refractivity contribution in [1.29, 1.82) is 0 Å². The zero-order valence-corrected chi connectivity index (χ0v) is 18.7. The van der Waals surface area contributed by atoms with Gasteiger partial charge >= 0.3 is 0 Å². The molecule has 0 bridgehead atoms. The summed E-state index contributed by atoms with van der Waals surface area (Å²) in [5.74, 6) is 0.632. The van der Waals surface area contributed by atoms with Crippen molar-refractivity contribution in [2.24, 2.45) is 4.99 Å². The van der Waals surface area contributed by atoms with E-state index >= 15 is 0 Å². The SMILES string of the molecule is CN(C)C(=O)CN=C(NC1CCCC1)N1CCCC(S(=O)(=O)NC2CCCC2)C1. The first-order valence-corrected chi connectivity index (χ1v) is 12.7. The summed E-state index contributed by atoms with van der Waals surface area (Å²) in [4.78, 5) is 20.2. The number of nitrogens with zero attached hydrogens (tertiary/aromatic N) is 3. The summed E-state index contributed by atoms with van der Waals surface area (Å²) in [5.41, 5.74) is 0. The molecule has 3 fully saturated rings. The van der Waals surface area contributed by atoms with Gasteiger partial charge in [-0.05, 0) is 38.5 Å². The minimum Gasteiger partial charge on any atom is -0.353 e. The highest BCUT2D eigenvalue weighted by molar-refractivity contribution is 7.90. The van der Waals surface area contributed by atoms with E-state index in [9.17, 15) is 13.2 Å².